The summed E-state index contributed by atoms with van der Waals surface area (Å²) in [7, 11) is 0. The van der Waals surface area contributed by atoms with Crippen molar-refractivity contribution in [1.29, 1.82) is 0 Å². The van der Waals surface area contributed by atoms with Gasteiger partial charge in [0, 0.05) is 16.7 Å². The van der Waals surface area contributed by atoms with Gasteiger partial charge in [-0.2, -0.15) is 0 Å². The molecule has 5 nitrogen and oxygen atoms in total. The molecule has 3 aromatic carbocycles. The Morgan fingerprint density at radius 3 is 2.61 bits per heavy atom. The summed E-state index contributed by atoms with van der Waals surface area (Å²) in [5.74, 6) is -0.181. The zero-order valence-corrected chi connectivity index (χ0v) is 15.3. The van der Waals surface area contributed by atoms with Gasteiger partial charge in [-0.1, -0.05) is 54.6 Å². The molecule has 5 rings (SSSR count). The highest BCUT2D eigenvalue weighted by Gasteiger charge is 2.51. The normalized spacial score (nSPS) is 19.8. The van der Waals surface area contributed by atoms with Crippen LogP contribution in [0, 0.1) is 0 Å². The number of amides is 1. The lowest BCUT2D eigenvalue weighted by Crippen LogP contribution is -2.46. The number of aromatic nitrogens is 2. The molecule has 0 saturated heterocycles. The van der Waals surface area contributed by atoms with Crippen LogP contribution in [0.3, 0.4) is 0 Å². The summed E-state index contributed by atoms with van der Waals surface area (Å²) in [6.45, 7) is 1.94. The smallest absolute Gasteiger partial charge is 0.257 e. The third kappa shape index (κ3) is 2.23. The lowest BCUT2D eigenvalue weighted by Gasteiger charge is -2.39. The Bertz CT molecular complexity index is 1180. The molecule has 5 heteroatoms. The number of carbonyl (C=O) groups excluding carboxylic acids is 1. The molecule has 1 aliphatic rings. The van der Waals surface area contributed by atoms with Crippen LogP contribution in [0.1, 0.15) is 40.0 Å². The van der Waals surface area contributed by atoms with E-state index in [1.54, 1.807) is 17.3 Å². The number of H-pyrrole nitrogens is 1. The van der Waals surface area contributed by atoms with Gasteiger partial charge in [0.05, 0.1) is 23.4 Å². The van der Waals surface area contributed by atoms with E-state index < -0.39 is 5.72 Å². The zero-order valence-electron chi connectivity index (χ0n) is 15.3. The molecule has 2 N–H and O–H groups in total. The van der Waals surface area contributed by atoms with E-state index in [0.29, 0.717) is 16.7 Å². The topological polar surface area (TPSA) is 69.2 Å². The molecule has 0 bridgehead atoms. The van der Waals surface area contributed by atoms with E-state index in [1.807, 2.05) is 73.7 Å². The van der Waals surface area contributed by atoms with Gasteiger partial charge in [0.25, 0.3) is 5.91 Å². The molecule has 1 aromatic heterocycles. The van der Waals surface area contributed by atoms with Crippen molar-refractivity contribution in [3.05, 3.63) is 101 Å². The van der Waals surface area contributed by atoms with Crippen LogP contribution in [0.4, 0.5) is 0 Å². The van der Waals surface area contributed by atoms with Crippen LogP contribution < -0.4 is 0 Å². The highest BCUT2D eigenvalue weighted by Crippen LogP contribution is 2.46. The lowest BCUT2D eigenvalue weighted by molar-refractivity contribution is -0.0676. The Labute approximate surface area is 162 Å². The van der Waals surface area contributed by atoms with Crippen LogP contribution in [0.5, 0.6) is 0 Å². The Balaban J connectivity index is 1.74. The Kier molecular flexibility index (Phi) is 3.60. The van der Waals surface area contributed by atoms with Crippen molar-refractivity contribution in [3.8, 4) is 0 Å². The summed E-state index contributed by atoms with van der Waals surface area (Å²) in [6.07, 6.45) is 1.62. The number of nitrogens with one attached hydrogen (secondary N) is 1. The van der Waals surface area contributed by atoms with Gasteiger partial charge in [-0.25, -0.2) is 4.98 Å². The van der Waals surface area contributed by atoms with Gasteiger partial charge in [-0.05, 0) is 30.7 Å². The second kappa shape index (κ2) is 6.04. The molecule has 0 aliphatic carbocycles. The number of hydrogen-bond acceptors (Lipinski definition) is 3. The first-order valence-electron chi connectivity index (χ1n) is 9.25. The number of fused-ring (bicyclic) bond motifs is 2. The fourth-order valence-electron chi connectivity index (χ4n) is 4.16. The molecule has 28 heavy (non-hydrogen) atoms. The summed E-state index contributed by atoms with van der Waals surface area (Å²) >= 11 is 0. The predicted molar refractivity (Wildman–Crippen MR) is 107 cm³/mol. The summed E-state index contributed by atoms with van der Waals surface area (Å²) in [4.78, 5) is 22.3. The summed E-state index contributed by atoms with van der Waals surface area (Å²) in [5, 5.41) is 12.0. The van der Waals surface area contributed by atoms with Crippen LogP contribution in [-0.4, -0.2) is 25.9 Å². The maximum atomic E-state index is 13.4. The van der Waals surface area contributed by atoms with Crippen molar-refractivity contribution >= 4 is 16.9 Å². The lowest BCUT2D eigenvalue weighted by atomic mass is 9.92. The fraction of sp³-hybridized carbons (Fsp3) is 0.130. The number of aromatic amines is 1. The van der Waals surface area contributed by atoms with Gasteiger partial charge < -0.3 is 10.1 Å². The van der Waals surface area contributed by atoms with Gasteiger partial charge in [-0.15, -0.1) is 0 Å². The first kappa shape index (κ1) is 16.7. The van der Waals surface area contributed by atoms with E-state index in [0.717, 1.165) is 16.6 Å². The first-order valence-corrected chi connectivity index (χ1v) is 9.25. The highest BCUT2D eigenvalue weighted by atomic mass is 16.3. The maximum absolute atomic E-state index is 13.4. The molecule has 0 spiro atoms. The number of hydrogen-bond donors (Lipinski definition) is 2. The minimum atomic E-state index is -1.57. The molecule has 0 saturated carbocycles. The molecule has 0 fully saturated rings. The number of rotatable bonds is 3. The van der Waals surface area contributed by atoms with Crippen molar-refractivity contribution in [1.82, 2.24) is 14.9 Å². The molecule has 138 valence electrons. The molecule has 1 amide bonds. The molecule has 2 heterocycles. The molecule has 2 atom stereocenters. The molecule has 1 unspecified atom stereocenters. The standard InChI is InChI=1S/C23H19N3O2/c1-15(16-7-3-2-4-8-16)26-22(27)18-9-5-6-10-19(18)23(26,28)17-11-12-20-21(13-17)25-14-24-20/h2-15,28H,1H3,(H,24,25)/t15-,23?/m1/s1. The monoisotopic (exact) mass is 369 g/mol. The number of nitrogens with zero attached hydrogens (tertiary/aromatic N) is 2. The average molecular weight is 369 g/mol. The van der Waals surface area contributed by atoms with Crippen LogP contribution >= 0.6 is 0 Å². The molecular formula is C23H19N3O2. The van der Waals surface area contributed by atoms with Crippen LogP contribution in [-0.2, 0) is 5.72 Å². The first-order chi connectivity index (χ1) is 13.6. The molecule has 1 aliphatic heterocycles. The molecule has 0 radical (unpaired) electrons. The van der Waals surface area contributed by atoms with Crippen LogP contribution in [0.25, 0.3) is 11.0 Å². The predicted octanol–water partition coefficient (Wildman–Crippen LogP) is 3.97. The second-order valence-electron chi connectivity index (χ2n) is 7.11. The Hall–Kier alpha value is -3.44. The minimum Gasteiger partial charge on any atom is -0.363 e. The van der Waals surface area contributed by atoms with E-state index >= 15 is 0 Å². The zero-order chi connectivity index (χ0) is 19.3. The average Bonchev–Trinajstić information content (AvgIpc) is 3.30. The number of imidazole rings is 1. The van der Waals surface area contributed by atoms with Gasteiger partial charge >= 0.3 is 0 Å². The van der Waals surface area contributed by atoms with E-state index in [-0.39, 0.29) is 11.9 Å². The van der Waals surface area contributed by atoms with Crippen molar-refractivity contribution in [2.45, 2.75) is 18.7 Å². The fourth-order valence-corrected chi connectivity index (χ4v) is 4.16. The van der Waals surface area contributed by atoms with Crippen LogP contribution in [0.15, 0.2) is 79.1 Å². The second-order valence-corrected chi connectivity index (χ2v) is 7.11. The van der Waals surface area contributed by atoms with Crippen LogP contribution in [0.2, 0.25) is 0 Å². The Morgan fingerprint density at radius 2 is 1.79 bits per heavy atom. The van der Waals surface area contributed by atoms with Gasteiger partial charge in [0.1, 0.15) is 0 Å². The van der Waals surface area contributed by atoms with Crippen molar-refractivity contribution < 1.29 is 9.90 Å². The van der Waals surface area contributed by atoms with Crippen molar-refractivity contribution in [2.75, 3.05) is 0 Å². The van der Waals surface area contributed by atoms with E-state index in [1.165, 1.54) is 0 Å². The number of aliphatic hydroxyl groups is 1. The third-order valence-electron chi connectivity index (χ3n) is 5.59. The quantitative estimate of drug-likeness (QED) is 0.574. The minimum absolute atomic E-state index is 0.181. The number of carbonyl (C=O) groups is 1. The summed E-state index contributed by atoms with van der Waals surface area (Å²) in [6, 6.07) is 22.3. The summed E-state index contributed by atoms with van der Waals surface area (Å²) < 4.78 is 0. The largest absolute Gasteiger partial charge is 0.363 e. The molecule has 4 aromatic rings. The van der Waals surface area contributed by atoms with Gasteiger partial charge in [-0.3, -0.25) is 9.69 Å². The van der Waals surface area contributed by atoms with Crippen molar-refractivity contribution in [2.24, 2.45) is 0 Å². The maximum Gasteiger partial charge on any atom is 0.257 e. The van der Waals surface area contributed by atoms with E-state index in [4.69, 9.17) is 0 Å². The van der Waals surface area contributed by atoms with Crippen molar-refractivity contribution in [3.63, 3.8) is 0 Å². The van der Waals surface area contributed by atoms with Gasteiger partial charge in [0.2, 0.25) is 0 Å². The van der Waals surface area contributed by atoms with E-state index in [9.17, 15) is 9.90 Å². The van der Waals surface area contributed by atoms with Gasteiger partial charge in [0.15, 0.2) is 5.72 Å². The highest BCUT2D eigenvalue weighted by molar-refractivity contribution is 6.00. The number of benzene rings is 3. The summed E-state index contributed by atoms with van der Waals surface area (Å²) in [5.41, 5.74) is 2.78. The SMILES string of the molecule is C[C@H](c1ccccc1)N1C(=O)c2ccccc2C1(O)c1ccc2nc[nH]c2c1. The third-order valence-corrected chi connectivity index (χ3v) is 5.59. The van der Waals surface area contributed by atoms with E-state index in [2.05, 4.69) is 9.97 Å². The molecular weight excluding hydrogens is 350 g/mol. The Morgan fingerprint density at radius 1 is 1.04 bits per heavy atom.